The minimum atomic E-state index is -0.537. The fourth-order valence-corrected chi connectivity index (χ4v) is 0.940. The Morgan fingerprint density at radius 1 is 1.58 bits per heavy atom. The summed E-state index contributed by atoms with van der Waals surface area (Å²) in [6.07, 6.45) is 0. The highest BCUT2D eigenvalue weighted by molar-refractivity contribution is 5.94. The fraction of sp³-hybridized carbons (Fsp3) is 0.222. The molecule has 0 atom stereocenters. The molecular formula is C9H10FNO. The molecule has 0 unspecified atom stereocenters. The third-order valence-electron chi connectivity index (χ3n) is 1.57. The highest BCUT2D eigenvalue weighted by Gasteiger charge is 2.02. The van der Waals surface area contributed by atoms with Gasteiger partial charge in [0.2, 0.25) is 0 Å². The standard InChI is InChI=1S/C9H10FNO/c1-11-9(12)8-4-2-3-7(5-8)6-10/h2-5H,6H2,1H3,(H,11,12). The predicted octanol–water partition coefficient (Wildman–Crippen LogP) is 1.52. The van der Waals surface area contributed by atoms with Crippen molar-refractivity contribution in [3.8, 4) is 0 Å². The smallest absolute Gasteiger partial charge is 0.251 e. The third-order valence-corrected chi connectivity index (χ3v) is 1.57. The van der Waals surface area contributed by atoms with Crippen LogP contribution in [0.15, 0.2) is 24.3 Å². The maximum Gasteiger partial charge on any atom is 0.251 e. The summed E-state index contributed by atoms with van der Waals surface area (Å²) < 4.78 is 12.1. The maximum atomic E-state index is 12.1. The summed E-state index contributed by atoms with van der Waals surface area (Å²) >= 11 is 0. The molecule has 0 fully saturated rings. The molecule has 0 spiro atoms. The predicted molar refractivity (Wildman–Crippen MR) is 44.6 cm³/mol. The number of rotatable bonds is 2. The van der Waals surface area contributed by atoms with Crippen LogP contribution in [0.3, 0.4) is 0 Å². The van der Waals surface area contributed by atoms with Gasteiger partial charge in [0.05, 0.1) is 0 Å². The number of nitrogens with one attached hydrogen (secondary N) is 1. The lowest BCUT2D eigenvalue weighted by Crippen LogP contribution is -2.17. The van der Waals surface area contributed by atoms with E-state index in [1.54, 1.807) is 31.3 Å². The van der Waals surface area contributed by atoms with Gasteiger partial charge in [0.1, 0.15) is 6.67 Å². The van der Waals surface area contributed by atoms with Crippen LogP contribution in [0.5, 0.6) is 0 Å². The van der Waals surface area contributed by atoms with Crippen LogP contribution in [0.4, 0.5) is 4.39 Å². The Kier molecular flexibility index (Phi) is 2.80. The van der Waals surface area contributed by atoms with E-state index < -0.39 is 6.67 Å². The van der Waals surface area contributed by atoms with Crippen LogP contribution in [0.2, 0.25) is 0 Å². The highest BCUT2D eigenvalue weighted by Crippen LogP contribution is 2.05. The molecule has 0 saturated carbocycles. The van der Waals surface area contributed by atoms with Crippen LogP contribution in [0, 0.1) is 0 Å². The van der Waals surface area contributed by atoms with E-state index >= 15 is 0 Å². The number of hydrogen-bond acceptors (Lipinski definition) is 1. The zero-order valence-electron chi connectivity index (χ0n) is 6.80. The monoisotopic (exact) mass is 167 g/mol. The van der Waals surface area contributed by atoms with Gasteiger partial charge in [-0.25, -0.2) is 4.39 Å². The van der Waals surface area contributed by atoms with E-state index in [1.807, 2.05) is 0 Å². The second-order valence-corrected chi connectivity index (χ2v) is 2.41. The number of carbonyl (C=O) groups excluding carboxylic acids is 1. The SMILES string of the molecule is CNC(=O)c1cccc(CF)c1. The van der Waals surface area contributed by atoms with Gasteiger partial charge in [-0.2, -0.15) is 0 Å². The van der Waals surface area contributed by atoms with E-state index in [9.17, 15) is 9.18 Å². The van der Waals surface area contributed by atoms with Crippen molar-refractivity contribution < 1.29 is 9.18 Å². The topological polar surface area (TPSA) is 29.1 Å². The summed E-state index contributed by atoms with van der Waals surface area (Å²) in [6.45, 7) is -0.537. The van der Waals surface area contributed by atoms with Crippen molar-refractivity contribution in [3.05, 3.63) is 35.4 Å². The number of halogens is 1. The minimum Gasteiger partial charge on any atom is -0.355 e. The van der Waals surface area contributed by atoms with Gasteiger partial charge < -0.3 is 5.32 Å². The molecule has 1 rings (SSSR count). The van der Waals surface area contributed by atoms with Crippen molar-refractivity contribution in [2.75, 3.05) is 7.05 Å². The second-order valence-electron chi connectivity index (χ2n) is 2.41. The first-order valence-corrected chi connectivity index (χ1v) is 3.65. The molecule has 0 aliphatic heterocycles. The van der Waals surface area contributed by atoms with E-state index in [1.165, 1.54) is 0 Å². The number of amides is 1. The van der Waals surface area contributed by atoms with E-state index in [0.717, 1.165) is 0 Å². The Balaban J connectivity index is 2.93. The molecular weight excluding hydrogens is 157 g/mol. The molecule has 3 heteroatoms. The molecule has 0 saturated heterocycles. The van der Waals surface area contributed by atoms with Crippen molar-refractivity contribution in [2.45, 2.75) is 6.67 Å². The van der Waals surface area contributed by atoms with Crippen molar-refractivity contribution in [1.29, 1.82) is 0 Å². The summed E-state index contributed by atoms with van der Waals surface area (Å²) in [5.41, 5.74) is 1.02. The summed E-state index contributed by atoms with van der Waals surface area (Å²) in [7, 11) is 1.55. The lowest BCUT2D eigenvalue weighted by atomic mass is 10.1. The van der Waals surface area contributed by atoms with Crippen LogP contribution in [0.25, 0.3) is 0 Å². The zero-order chi connectivity index (χ0) is 8.97. The lowest BCUT2D eigenvalue weighted by molar-refractivity contribution is 0.0963. The molecule has 0 aliphatic rings. The second kappa shape index (κ2) is 3.85. The molecule has 2 nitrogen and oxygen atoms in total. The van der Waals surface area contributed by atoms with Gasteiger partial charge in [-0.3, -0.25) is 4.79 Å². The van der Waals surface area contributed by atoms with E-state index in [-0.39, 0.29) is 5.91 Å². The van der Waals surface area contributed by atoms with Crippen LogP contribution in [-0.2, 0) is 6.67 Å². The number of benzene rings is 1. The van der Waals surface area contributed by atoms with E-state index in [2.05, 4.69) is 5.32 Å². The maximum absolute atomic E-state index is 12.1. The van der Waals surface area contributed by atoms with Gasteiger partial charge in [-0.15, -0.1) is 0 Å². The van der Waals surface area contributed by atoms with Gasteiger partial charge in [0.25, 0.3) is 5.91 Å². The van der Waals surface area contributed by atoms with Gasteiger partial charge >= 0.3 is 0 Å². The van der Waals surface area contributed by atoms with Crippen LogP contribution >= 0.6 is 0 Å². The van der Waals surface area contributed by atoms with Gasteiger partial charge in [-0.05, 0) is 17.7 Å². The molecule has 0 bridgehead atoms. The Morgan fingerprint density at radius 2 is 2.33 bits per heavy atom. The Bertz CT molecular complexity index is 286. The molecule has 0 heterocycles. The molecule has 1 amide bonds. The average Bonchev–Trinajstić information content (AvgIpc) is 2.17. The van der Waals surface area contributed by atoms with Crippen LogP contribution < -0.4 is 5.32 Å². The van der Waals surface area contributed by atoms with Crippen molar-refractivity contribution in [2.24, 2.45) is 0 Å². The molecule has 12 heavy (non-hydrogen) atoms. The van der Waals surface area contributed by atoms with Crippen molar-refractivity contribution >= 4 is 5.91 Å². The molecule has 0 radical (unpaired) electrons. The molecule has 0 aromatic heterocycles. The first-order chi connectivity index (χ1) is 5.77. The molecule has 1 aromatic rings. The largest absolute Gasteiger partial charge is 0.355 e. The van der Waals surface area contributed by atoms with Crippen molar-refractivity contribution in [1.82, 2.24) is 5.32 Å². The summed E-state index contributed by atoms with van der Waals surface area (Å²) in [5, 5.41) is 2.47. The molecule has 1 N–H and O–H groups in total. The first kappa shape index (κ1) is 8.71. The Hall–Kier alpha value is -1.38. The van der Waals surface area contributed by atoms with Gasteiger partial charge in [-0.1, -0.05) is 12.1 Å². The van der Waals surface area contributed by atoms with E-state index in [0.29, 0.717) is 11.1 Å². The number of hydrogen-bond donors (Lipinski definition) is 1. The molecule has 64 valence electrons. The highest BCUT2D eigenvalue weighted by atomic mass is 19.1. The molecule has 1 aromatic carbocycles. The van der Waals surface area contributed by atoms with Gasteiger partial charge in [0.15, 0.2) is 0 Å². The first-order valence-electron chi connectivity index (χ1n) is 3.65. The number of carbonyl (C=O) groups is 1. The Morgan fingerprint density at radius 3 is 2.92 bits per heavy atom. The molecule has 0 aliphatic carbocycles. The quantitative estimate of drug-likeness (QED) is 0.710. The normalized spacial score (nSPS) is 9.50. The minimum absolute atomic E-state index is 0.190. The zero-order valence-corrected chi connectivity index (χ0v) is 6.80. The Labute approximate surface area is 70.4 Å². The summed E-state index contributed by atoms with van der Waals surface area (Å²) in [5.74, 6) is -0.190. The van der Waals surface area contributed by atoms with Crippen LogP contribution in [0.1, 0.15) is 15.9 Å². The third kappa shape index (κ3) is 1.81. The summed E-state index contributed by atoms with van der Waals surface area (Å²) in [6, 6.07) is 6.50. The fourth-order valence-electron chi connectivity index (χ4n) is 0.940. The van der Waals surface area contributed by atoms with Gasteiger partial charge in [0, 0.05) is 12.6 Å². The average molecular weight is 167 g/mol. The summed E-state index contributed by atoms with van der Waals surface area (Å²) in [4.78, 5) is 11.0. The lowest BCUT2D eigenvalue weighted by Gasteiger charge is -2.00. The number of alkyl halides is 1. The van der Waals surface area contributed by atoms with E-state index in [4.69, 9.17) is 0 Å². The van der Waals surface area contributed by atoms with Crippen LogP contribution in [-0.4, -0.2) is 13.0 Å². The van der Waals surface area contributed by atoms with Crippen molar-refractivity contribution in [3.63, 3.8) is 0 Å².